The van der Waals surface area contributed by atoms with E-state index in [1.807, 2.05) is 0 Å². The first-order valence-corrected chi connectivity index (χ1v) is 12.1. The summed E-state index contributed by atoms with van der Waals surface area (Å²) in [5.74, 6) is -0.863. The Balaban J connectivity index is 1.91. The van der Waals surface area contributed by atoms with E-state index in [-0.39, 0.29) is 12.2 Å². The summed E-state index contributed by atoms with van der Waals surface area (Å²) in [5.41, 5.74) is 4.10. The summed E-state index contributed by atoms with van der Waals surface area (Å²) in [6, 6.07) is 14.5. The van der Waals surface area contributed by atoms with E-state index in [1.54, 1.807) is 48.5 Å². The number of halogens is 3. The van der Waals surface area contributed by atoms with E-state index < -0.39 is 58.8 Å². The Morgan fingerprint density at radius 2 is 1.70 bits per heavy atom. The Morgan fingerprint density at radius 1 is 1.08 bits per heavy atom. The van der Waals surface area contributed by atoms with Crippen LogP contribution in [0.1, 0.15) is 15.9 Å². The molecule has 0 aromatic heterocycles. The molecule has 2 unspecified atom stereocenters. The predicted molar refractivity (Wildman–Crippen MR) is 120 cm³/mol. The fraction of sp³-hybridized carbons (Fsp3) is 0.409. The van der Waals surface area contributed by atoms with Crippen LogP contribution in [0.5, 0.6) is 0 Å². The van der Waals surface area contributed by atoms with E-state index >= 15 is 0 Å². The molecule has 1 saturated heterocycles. The lowest BCUT2D eigenvalue weighted by Gasteiger charge is -2.43. The average Bonchev–Trinajstić information content (AvgIpc) is 2.88. The molecule has 2 aromatic carbocycles. The van der Waals surface area contributed by atoms with Crippen LogP contribution in [0.3, 0.4) is 0 Å². The Bertz CT molecular complexity index is 1190. The molecule has 0 radical (unpaired) electrons. The maximum absolute atomic E-state index is 13.2. The van der Waals surface area contributed by atoms with Crippen molar-refractivity contribution < 1.29 is 49.5 Å². The van der Waals surface area contributed by atoms with Crippen LogP contribution < -0.4 is 0 Å². The highest BCUT2D eigenvalue weighted by molar-refractivity contribution is 7.87. The lowest BCUT2D eigenvalue weighted by Crippen LogP contribution is -2.61. The third-order valence-electron chi connectivity index (χ3n) is 5.23. The fourth-order valence-corrected chi connectivity index (χ4v) is 4.13. The Labute approximate surface area is 209 Å². The van der Waals surface area contributed by atoms with Crippen molar-refractivity contribution in [2.45, 2.75) is 42.8 Å². The molecular weight excluding hydrogens is 523 g/mol. The molecule has 0 N–H and O–H groups in total. The molecule has 0 amide bonds. The van der Waals surface area contributed by atoms with Crippen LogP contribution in [0.2, 0.25) is 0 Å². The number of nitrogens with zero attached hydrogens (tertiary/aromatic N) is 3. The standard InChI is InChI=1S/C22H22F3N3O8S/c1-32-21-19(33-12-14-8-4-2-5-9-14)17(27-28-26)18(36-37(30,31)22(23,24)25)16(35-21)13-34-20(29)15-10-6-3-7-11-15/h2-11,16-19,21H,12-13H2,1H3/t16?,17-,18-,19?,21+/m0/s1. The van der Waals surface area contributed by atoms with Gasteiger partial charge in [0.1, 0.15) is 24.9 Å². The highest BCUT2D eigenvalue weighted by Crippen LogP contribution is 2.34. The van der Waals surface area contributed by atoms with Crippen molar-refractivity contribution in [1.29, 1.82) is 0 Å². The molecule has 5 atom stereocenters. The van der Waals surface area contributed by atoms with Crippen molar-refractivity contribution in [2.24, 2.45) is 5.11 Å². The summed E-state index contributed by atoms with van der Waals surface area (Å²) >= 11 is 0. The van der Waals surface area contributed by atoms with Gasteiger partial charge in [-0.2, -0.15) is 21.6 Å². The third-order valence-corrected chi connectivity index (χ3v) is 6.27. The Hall–Kier alpha value is -3.20. The second kappa shape index (κ2) is 12.4. The van der Waals surface area contributed by atoms with Gasteiger partial charge in [0.2, 0.25) is 0 Å². The highest BCUT2D eigenvalue weighted by Gasteiger charge is 2.55. The summed E-state index contributed by atoms with van der Waals surface area (Å²) in [7, 11) is -5.00. The van der Waals surface area contributed by atoms with Gasteiger partial charge in [-0.25, -0.2) is 4.79 Å². The molecule has 1 aliphatic heterocycles. The van der Waals surface area contributed by atoms with Gasteiger partial charge in [0, 0.05) is 12.0 Å². The average molecular weight is 545 g/mol. The first-order chi connectivity index (χ1) is 17.6. The number of carbonyl (C=O) groups excluding carboxylic acids is 1. The topological polar surface area (TPSA) is 146 Å². The highest BCUT2D eigenvalue weighted by atomic mass is 32.2. The molecule has 37 heavy (non-hydrogen) atoms. The van der Waals surface area contributed by atoms with Gasteiger partial charge in [0.05, 0.1) is 18.2 Å². The monoisotopic (exact) mass is 545 g/mol. The number of benzene rings is 2. The van der Waals surface area contributed by atoms with Gasteiger partial charge in [0.25, 0.3) is 0 Å². The first kappa shape index (κ1) is 28.4. The number of azide groups is 1. The van der Waals surface area contributed by atoms with Crippen LogP contribution in [0.4, 0.5) is 13.2 Å². The normalized spacial score (nSPS) is 24.2. The van der Waals surface area contributed by atoms with Crippen LogP contribution in [-0.2, 0) is 39.9 Å². The van der Waals surface area contributed by atoms with Crippen molar-refractivity contribution in [1.82, 2.24) is 0 Å². The summed E-state index contributed by atoms with van der Waals surface area (Å²) < 4.78 is 89.5. The number of carbonyl (C=O) groups is 1. The van der Waals surface area contributed by atoms with Gasteiger partial charge in [-0.05, 0) is 23.2 Å². The number of ether oxygens (including phenoxy) is 4. The fourth-order valence-electron chi connectivity index (χ4n) is 3.49. The Morgan fingerprint density at radius 3 is 2.27 bits per heavy atom. The van der Waals surface area contributed by atoms with Crippen LogP contribution >= 0.6 is 0 Å². The zero-order chi connectivity index (χ0) is 27.1. The molecule has 0 spiro atoms. The number of methoxy groups -OCH3 is 1. The van der Waals surface area contributed by atoms with Gasteiger partial charge in [0.15, 0.2) is 6.29 Å². The van der Waals surface area contributed by atoms with E-state index in [0.717, 1.165) is 0 Å². The molecule has 200 valence electrons. The molecule has 1 heterocycles. The number of esters is 1. The minimum atomic E-state index is -6.19. The molecule has 15 heteroatoms. The largest absolute Gasteiger partial charge is 0.523 e. The van der Waals surface area contributed by atoms with Crippen molar-refractivity contribution in [3.05, 3.63) is 82.2 Å². The molecule has 1 fully saturated rings. The SMILES string of the molecule is CO[C@@H]1OC(COC(=O)c2ccccc2)[C@H](OS(=O)(=O)C(F)(F)F)[C@H](N=[N+]=[N-])C1OCc1ccccc1. The van der Waals surface area contributed by atoms with Crippen molar-refractivity contribution in [2.75, 3.05) is 13.7 Å². The number of hydrogen-bond donors (Lipinski definition) is 0. The first-order valence-electron chi connectivity index (χ1n) is 10.7. The van der Waals surface area contributed by atoms with E-state index in [4.69, 9.17) is 24.5 Å². The number of hydrogen-bond acceptors (Lipinski definition) is 9. The number of alkyl halides is 3. The van der Waals surface area contributed by atoms with Crippen LogP contribution in [-0.4, -0.2) is 64.3 Å². The molecule has 11 nitrogen and oxygen atoms in total. The minimum Gasteiger partial charge on any atom is -0.459 e. The zero-order valence-corrected chi connectivity index (χ0v) is 20.0. The van der Waals surface area contributed by atoms with E-state index in [1.165, 1.54) is 19.2 Å². The molecule has 1 aliphatic rings. The van der Waals surface area contributed by atoms with Gasteiger partial charge >= 0.3 is 21.6 Å². The molecule has 0 saturated carbocycles. The molecular formula is C22H22F3N3O8S. The van der Waals surface area contributed by atoms with Gasteiger partial charge in [-0.1, -0.05) is 53.6 Å². The van der Waals surface area contributed by atoms with E-state index in [9.17, 15) is 26.4 Å². The summed E-state index contributed by atoms with van der Waals surface area (Å²) in [6.45, 7) is -0.868. The van der Waals surface area contributed by atoms with E-state index in [0.29, 0.717) is 5.56 Å². The summed E-state index contributed by atoms with van der Waals surface area (Å²) in [5, 5.41) is 3.46. The zero-order valence-electron chi connectivity index (χ0n) is 19.2. The predicted octanol–water partition coefficient (Wildman–Crippen LogP) is 3.71. The second-order valence-corrected chi connectivity index (χ2v) is 9.22. The lowest BCUT2D eigenvalue weighted by atomic mass is 9.96. The van der Waals surface area contributed by atoms with Crippen LogP contribution in [0.25, 0.3) is 10.4 Å². The smallest absolute Gasteiger partial charge is 0.459 e. The maximum atomic E-state index is 13.2. The maximum Gasteiger partial charge on any atom is 0.523 e. The summed E-state index contributed by atoms with van der Waals surface area (Å²) in [4.78, 5) is 15.0. The quantitative estimate of drug-likeness (QED) is 0.110. The Kier molecular flexibility index (Phi) is 9.48. The van der Waals surface area contributed by atoms with E-state index in [2.05, 4.69) is 14.2 Å². The van der Waals surface area contributed by atoms with Crippen molar-refractivity contribution in [3.8, 4) is 0 Å². The van der Waals surface area contributed by atoms with Crippen molar-refractivity contribution in [3.63, 3.8) is 0 Å². The third kappa shape index (κ3) is 7.19. The molecule has 3 rings (SSSR count). The van der Waals surface area contributed by atoms with Gasteiger partial charge < -0.3 is 18.9 Å². The second-order valence-electron chi connectivity index (χ2n) is 7.66. The van der Waals surface area contributed by atoms with Crippen LogP contribution in [0.15, 0.2) is 65.8 Å². The van der Waals surface area contributed by atoms with Gasteiger partial charge in [-0.15, -0.1) is 0 Å². The lowest BCUT2D eigenvalue weighted by molar-refractivity contribution is -0.276. The van der Waals surface area contributed by atoms with Crippen molar-refractivity contribution >= 4 is 16.1 Å². The summed E-state index contributed by atoms with van der Waals surface area (Å²) in [6.07, 6.45) is -6.48. The molecule has 0 bridgehead atoms. The minimum absolute atomic E-state index is 0.113. The van der Waals surface area contributed by atoms with Crippen LogP contribution in [0, 0.1) is 0 Å². The number of rotatable bonds is 10. The molecule has 0 aliphatic carbocycles. The molecule has 2 aromatic rings. The van der Waals surface area contributed by atoms with Gasteiger partial charge in [-0.3, -0.25) is 4.18 Å².